The minimum Gasteiger partial charge on any atom is -0.444 e. The molecule has 0 unspecified atom stereocenters. The number of aromatic nitrogens is 1. The number of rotatable bonds is 4. The summed E-state index contributed by atoms with van der Waals surface area (Å²) in [5.41, 5.74) is 0.476. The zero-order valence-corrected chi connectivity index (χ0v) is 14.4. The molecule has 0 saturated carbocycles. The Labute approximate surface area is 145 Å². The second kappa shape index (κ2) is 7.49. The topological polar surface area (TPSA) is 63.2 Å². The van der Waals surface area contributed by atoms with E-state index in [1.807, 2.05) is 0 Å². The van der Waals surface area contributed by atoms with E-state index in [2.05, 4.69) is 15.6 Å². The summed E-state index contributed by atoms with van der Waals surface area (Å²) in [6.07, 6.45) is 0.954. The zero-order valence-electron chi connectivity index (χ0n) is 13.7. The summed E-state index contributed by atoms with van der Waals surface area (Å²) in [5.74, 6) is -0.00936. The van der Waals surface area contributed by atoms with Crippen LogP contribution in [-0.4, -0.2) is 16.7 Å². The Bertz CT molecular complexity index is 695. The molecule has 0 radical (unpaired) electrons. The first-order valence-corrected chi connectivity index (χ1v) is 7.75. The van der Waals surface area contributed by atoms with E-state index in [1.54, 1.807) is 45.0 Å². The molecule has 0 spiro atoms. The average molecular weight is 352 g/mol. The van der Waals surface area contributed by atoms with E-state index in [4.69, 9.17) is 16.3 Å². The smallest absolute Gasteiger partial charge is 0.413 e. The molecule has 24 heavy (non-hydrogen) atoms. The molecule has 2 aromatic rings. The quantitative estimate of drug-likeness (QED) is 0.827. The van der Waals surface area contributed by atoms with Gasteiger partial charge in [-0.2, -0.15) is 0 Å². The van der Waals surface area contributed by atoms with Crippen LogP contribution in [-0.2, 0) is 11.3 Å². The lowest BCUT2D eigenvalue weighted by atomic mass is 10.2. The van der Waals surface area contributed by atoms with E-state index in [9.17, 15) is 9.18 Å². The van der Waals surface area contributed by atoms with Crippen LogP contribution in [0.25, 0.3) is 0 Å². The van der Waals surface area contributed by atoms with Gasteiger partial charge < -0.3 is 10.1 Å². The van der Waals surface area contributed by atoms with Crippen molar-refractivity contribution in [1.82, 2.24) is 4.98 Å². The van der Waals surface area contributed by atoms with Crippen molar-refractivity contribution in [3.63, 3.8) is 0 Å². The van der Waals surface area contributed by atoms with Crippen LogP contribution in [0, 0.1) is 5.82 Å². The minimum atomic E-state index is -0.579. The molecule has 2 N–H and O–H groups in total. The molecular weight excluding hydrogens is 333 g/mol. The van der Waals surface area contributed by atoms with Gasteiger partial charge in [-0.05, 0) is 45.0 Å². The van der Waals surface area contributed by atoms with Gasteiger partial charge in [0.1, 0.15) is 17.2 Å². The average Bonchev–Trinajstić information content (AvgIpc) is 2.46. The summed E-state index contributed by atoms with van der Waals surface area (Å²) >= 11 is 5.97. The fourth-order valence-electron chi connectivity index (χ4n) is 1.87. The summed E-state index contributed by atoms with van der Waals surface area (Å²) in [4.78, 5) is 15.8. The lowest BCUT2D eigenvalue weighted by Crippen LogP contribution is -2.27. The Morgan fingerprint density at radius 1 is 1.29 bits per heavy atom. The number of halogens is 2. The molecule has 1 aromatic carbocycles. The molecular formula is C17H19ClFN3O2. The van der Waals surface area contributed by atoms with E-state index in [0.717, 1.165) is 0 Å². The van der Waals surface area contributed by atoms with Crippen molar-refractivity contribution in [3.05, 3.63) is 52.9 Å². The van der Waals surface area contributed by atoms with Crippen LogP contribution in [0.1, 0.15) is 26.3 Å². The Morgan fingerprint density at radius 3 is 2.62 bits per heavy atom. The number of nitrogens with one attached hydrogen (secondary N) is 2. The van der Waals surface area contributed by atoms with Crippen molar-refractivity contribution in [2.75, 3.05) is 10.6 Å². The molecule has 0 atom stereocenters. The number of amides is 1. The number of hydrogen-bond acceptors (Lipinski definition) is 4. The van der Waals surface area contributed by atoms with Gasteiger partial charge in [-0.25, -0.2) is 14.2 Å². The standard InChI is InChI=1S/C17H19ClFN3O2/c1-17(2,3)24-16(23)22-15-8-7-11(9-21-15)20-10-12-13(18)5-4-6-14(12)19/h4-9,20H,10H2,1-3H3,(H,21,22,23). The molecule has 0 aliphatic heterocycles. The van der Waals surface area contributed by atoms with Gasteiger partial charge in [0.25, 0.3) is 0 Å². The first kappa shape index (κ1) is 18.0. The molecule has 1 aromatic heterocycles. The van der Waals surface area contributed by atoms with Gasteiger partial charge >= 0.3 is 6.09 Å². The van der Waals surface area contributed by atoms with Crippen LogP contribution >= 0.6 is 11.6 Å². The third-order valence-corrected chi connectivity index (χ3v) is 3.28. The summed E-state index contributed by atoms with van der Waals surface area (Å²) in [6.45, 7) is 5.56. The van der Waals surface area contributed by atoms with E-state index in [0.29, 0.717) is 22.1 Å². The maximum atomic E-state index is 13.7. The molecule has 0 aliphatic rings. The summed E-state index contributed by atoms with van der Waals surface area (Å²) < 4.78 is 18.8. The van der Waals surface area contributed by atoms with Crippen LogP contribution in [0.4, 0.5) is 20.7 Å². The highest BCUT2D eigenvalue weighted by molar-refractivity contribution is 6.31. The molecule has 5 nitrogen and oxygen atoms in total. The third kappa shape index (κ3) is 5.38. The maximum Gasteiger partial charge on any atom is 0.413 e. The SMILES string of the molecule is CC(C)(C)OC(=O)Nc1ccc(NCc2c(F)cccc2Cl)cn1. The predicted octanol–water partition coefficient (Wildman–Crippen LogP) is 4.83. The number of hydrogen-bond donors (Lipinski definition) is 2. The predicted molar refractivity (Wildman–Crippen MR) is 92.8 cm³/mol. The van der Waals surface area contributed by atoms with Crippen LogP contribution in [0.2, 0.25) is 5.02 Å². The Kier molecular flexibility index (Phi) is 5.62. The van der Waals surface area contributed by atoms with Crippen LogP contribution < -0.4 is 10.6 Å². The van der Waals surface area contributed by atoms with Gasteiger partial charge in [0.05, 0.1) is 11.9 Å². The fourth-order valence-corrected chi connectivity index (χ4v) is 2.10. The number of carbonyl (C=O) groups is 1. The number of ether oxygens (including phenoxy) is 1. The number of carbonyl (C=O) groups excluding carboxylic acids is 1. The van der Waals surface area contributed by atoms with Crippen LogP contribution in [0.3, 0.4) is 0 Å². The van der Waals surface area contributed by atoms with Gasteiger partial charge in [0.15, 0.2) is 0 Å². The van der Waals surface area contributed by atoms with E-state index in [-0.39, 0.29) is 12.4 Å². The third-order valence-electron chi connectivity index (χ3n) is 2.92. The van der Waals surface area contributed by atoms with Gasteiger partial charge in [0.2, 0.25) is 0 Å². The van der Waals surface area contributed by atoms with Gasteiger partial charge in [-0.15, -0.1) is 0 Å². The zero-order chi connectivity index (χ0) is 17.7. The van der Waals surface area contributed by atoms with Crippen LogP contribution in [0.15, 0.2) is 36.5 Å². The van der Waals surface area contributed by atoms with Crippen molar-refractivity contribution in [2.24, 2.45) is 0 Å². The van der Waals surface area contributed by atoms with E-state index in [1.165, 1.54) is 12.3 Å². The Morgan fingerprint density at radius 2 is 2.04 bits per heavy atom. The Hall–Kier alpha value is -2.34. The van der Waals surface area contributed by atoms with Crippen molar-refractivity contribution < 1.29 is 13.9 Å². The summed E-state index contributed by atoms with van der Waals surface area (Å²) in [7, 11) is 0. The Balaban J connectivity index is 1.94. The fraction of sp³-hybridized carbons (Fsp3) is 0.294. The number of benzene rings is 1. The first-order chi connectivity index (χ1) is 11.2. The number of anilines is 2. The molecule has 2 rings (SSSR count). The number of nitrogens with zero attached hydrogens (tertiary/aromatic N) is 1. The maximum absolute atomic E-state index is 13.7. The van der Waals surface area contributed by atoms with Gasteiger partial charge in [0, 0.05) is 17.1 Å². The second-order valence-corrected chi connectivity index (χ2v) is 6.52. The highest BCUT2D eigenvalue weighted by Crippen LogP contribution is 2.20. The summed E-state index contributed by atoms with van der Waals surface area (Å²) in [6, 6.07) is 7.88. The van der Waals surface area contributed by atoms with E-state index < -0.39 is 11.7 Å². The second-order valence-electron chi connectivity index (χ2n) is 6.11. The van der Waals surface area contributed by atoms with Crippen molar-refractivity contribution >= 4 is 29.2 Å². The van der Waals surface area contributed by atoms with E-state index >= 15 is 0 Å². The first-order valence-electron chi connectivity index (χ1n) is 7.37. The van der Waals surface area contributed by atoms with Gasteiger partial charge in [-0.1, -0.05) is 17.7 Å². The molecule has 0 aliphatic carbocycles. The molecule has 1 heterocycles. The highest BCUT2D eigenvalue weighted by atomic mass is 35.5. The van der Waals surface area contributed by atoms with Crippen molar-refractivity contribution in [2.45, 2.75) is 32.9 Å². The molecule has 1 amide bonds. The largest absolute Gasteiger partial charge is 0.444 e. The lowest BCUT2D eigenvalue weighted by Gasteiger charge is -2.19. The summed E-state index contributed by atoms with van der Waals surface area (Å²) in [5, 5.41) is 5.93. The molecule has 0 saturated heterocycles. The van der Waals surface area contributed by atoms with Gasteiger partial charge in [-0.3, -0.25) is 5.32 Å². The van der Waals surface area contributed by atoms with Crippen molar-refractivity contribution in [1.29, 1.82) is 0 Å². The lowest BCUT2D eigenvalue weighted by molar-refractivity contribution is 0.0635. The number of pyridine rings is 1. The monoisotopic (exact) mass is 351 g/mol. The molecule has 0 fully saturated rings. The molecule has 128 valence electrons. The van der Waals surface area contributed by atoms with Crippen LogP contribution in [0.5, 0.6) is 0 Å². The highest BCUT2D eigenvalue weighted by Gasteiger charge is 2.16. The van der Waals surface area contributed by atoms with Crippen molar-refractivity contribution in [3.8, 4) is 0 Å². The minimum absolute atomic E-state index is 0.228. The normalized spacial score (nSPS) is 11.0. The molecule has 7 heteroatoms. The molecule has 0 bridgehead atoms.